The van der Waals surface area contributed by atoms with E-state index in [0.717, 1.165) is 131 Å². The third kappa shape index (κ3) is 51.8. The second kappa shape index (κ2) is 51.7. The van der Waals surface area contributed by atoms with E-state index in [1.54, 1.807) is 0 Å². The van der Waals surface area contributed by atoms with Crippen LogP contribution in [-0.2, 0) is 0 Å². The zero-order valence-electron chi connectivity index (χ0n) is 34.0. The molecule has 11 heteroatoms. The number of nitrogens with one attached hydrogen (secondary N) is 10. The van der Waals surface area contributed by atoms with Crippen molar-refractivity contribution in [1.29, 1.82) is 0 Å². The molecule has 10 nitrogen and oxygen atoms in total. The predicted octanol–water partition coefficient (Wildman–Crippen LogP) is 4.14. The van der Waals surface area contributed by atoms with E-state index in [0.29, 0.717) is 0 Å². The average Bonchev–Trinajstić information content (AvgIpc) is 3.13. The van der Waals surface area contributed by atoms with Gasteiger partial charge in [0, 0.05) is 13.1 Å². The van der Waals surface area contributed by atoms with Crippen LogP contribution in [0.15, 0.2) is 12.2 Å². The van der Waals surface area contributed by atoms with Crippen LogP contribution in [0, 0.1) is 0 Å². The smallest absolute Gasteiger partial charge is 0.0135 e. The Bertz CT molecular complexity index is 568. The molecule has 308 valence electrons. The van der Waals surface area contributed by atoms with E-state index in [-0.39, 0.29) is 12.4 Å². The molecule has 0 spiro atoms. The van der Waals surface area contributed by atoms with Gasteiger partial charge in [-0.15, -0.1) is 12.4 Å². The van der Waals surface area contributed by atoms with Crippen LogP contribution in [-0.4, -0.2) is 131 Å². The van der Waals surface area contributed by atoms with Gasteiger partial charge in [0.15, 0.2) is 0 Å². The quantitative estimate of drug-likeness (QED) is 0.0329. The van der Waals surface area contributed by atoms with Crippen molar-refractivity contribution in [3.63, 3.8) is 0 Å². The minimum absolute atomic E-state index is 0. The Morgan fingerprint density at radius 2 is 0.392 bits per heavy atom. The molecule has 0 aliphatic carbocycles. The highest BCUT2D eigenvalue weighted by molar-refractivity contribution is 5.85. The van der Waals surface area contributed by atoms with Crippen LogP contribution in [0.25, 0.3) is 0 Å². The second-order valence-corrected chi connectivity index (χ2v) is 13.7. The lowest BCUT2D eigenvalue weighted by Gasteiger charge is -2.07. The van der Waals surface area contributed by atoms with Gasteiger partial charge in [0.1, 0.15) is 0 Å². The van der Waals surface area contributed by atoms with Crippen molar-refractivity contribution in [3.05, 3.63) is 12.2 Å². The summed E-state index contributed by atoms with van der Waals surface area (Å²) in [6.07, 6.45) is 24.8. The third-order valence-corrected chi connectivity index (χ3v) is 8.85. The van der Waals surface area contributed by atoms with E-state index in [9.17, 15) is 0 Å². The predicted molar refractivity (Wildman–Crippen MR) is 230 cm³/mol. The highest BCUT2D eigenvalue weighted by Crippen LogP contribution is 1.92. The Morgan fingerprint density at radius 1 is 0.235 bits per heavy atom. The first-order valence-corrected chi connectivity index (χ1v) is 21.6. The van der Waals surface area contributed by atoms with Crippen molar-refractivity contribution < 1.29 is 0 Å². The van der Waals surface area contributed by atoms with Gasteiger partial charge in [0.2, 0.25) is 0 Å². The maximum atomic E-state index is 3.61. The van der Waals surface area contributed by atoms with Crippen LogP contribution in [0.3, 0.4) is 0 Å². The summed E-state index contributed by atoms with van der Waals surface area (Å²) in [4.78, 5) is 0. The molecule has 0 saturated carbocycles. The van der Waals surface area contributed by atoms with Crippen molar-refractivity contribution in [3.8, 4) is 0 Å². The molecule has 0 aliphatic heterocycles. The SMILES string of the molecule is CCNCCCCNCCCCNCCCCNCCCCNC/C=C/CNCCCCNCCCCNCCCCNCCCCNCC.Cl. The van der Waals surface area contributed by atoms with Gasteiger partial charge in [-0.3, -0.25) is 0 Å². The summed E-state index contributed by atoms with van der Waals surface area (Å²) in [5, 5.41) is 35.4. The van der Waals surface area contributed by atoms with Crippen molar-refractivity contribution in [2.24, 2.45) is 0 Å². The summed E-state index contributed by atoms with van der Waals surface area (Å²) >= 11 is 0. The normalized spacial score (nSPS) is 11.6. The van der Waals surface area contributed by atoms with Gasteiger partial charge in [-0.1, -0.05) is 26.0 Å². The Morgan fingerprint density at radius 3 is 0.569 bits per heavy atom. The molecule has 0 aromatic carbocycles. The van der Waals surface area contributed by atoms with Gasteiger partial charge in [0.25, 0.3) is 0 Å². The van der Waals surface area contributed by atoms with Crippen LogP contribution in [0.4, 0.5) is 0 Å². The minimum Gasteiger partial charge on any atom is -0.317 e. The maximum Gasteiger partial charge on any atom is 0.0135 e. The van der Waals surface area contributed by atoms with Gasteiger partial charge in [0.05, 0.1) is 0 Å². The van der Waals surface area contributed by atoms with Gasteiger partial charge in [-0.2, -0.15) is 0 Å². The summed E-state index contributed by atoms with van der Waals surface area (Å²) in [6.45, 7) is 26.8. The van der Waals surface area contributed by atoms with E-state index >= 15 is 0 Å². The number of unbranched alkanes of at least 4 members (excludes halogenated alkanes) is 8. The van der Waals surface area contributed by atoms with Gasteiger partial charge < -0.3 is 53.2 Å². The fraction of sp³-hybridized carbons (Fsp3) is 0.950. The number of rotatable bonds is 46. The fourth-order valence-electron chi connectivity index (χ4n) is 5.64. The average molecular weight is 748 g/mol. The molecule has 0 bridgehead atoms. The molecule has 0 aromatic heterocycles. The summed E-state index contributed by atoms with van der Waals surface area (Å²) in [5.41, 5.74) is 0. The van der Waals surface area contributed by atoms with Gasteiger partial charge >= 0.3 is 0 Å². The topological polar surface area (TPSA) is 120 Å². The Kier molecular flexibility index (Phi) is 53.5. The standard InChI is InChI=1S/C40H90N10.ClH/c1-3-41-23-5-7-25-43-27-9-11-29-45-31-13-15-33-47-35-17-19-37-49-39-21-22-40-50-38-20-18-36-48-34-16-14-32-46-30-12-10-28-44-26-8-6-24-42-4-2;/h21-22,41-50H,3-20,23-40H2,1-2H3;1H/b22-21+;. The van der Waals surface area contributed by atoms with Crippen LogP contribution in [0.5, 0.6) is 0 Å². The highest BCUT2D eigenvalue weighted by Gasteiger charge is 1.95. The molecule has 10 N–H and O–H groups in total. The third-order valence-electron chi connectivity index (χ3n) is 8.85. The van der Waals surface area contributed by atoms with Crippen LogP contribution >= 0.6 is 12.4 Å². The van der Waals surface area contributed by atoms with E-state index < -0.39 is 0 Å². The first kappa shape index (κ1) is 52.7. The molecule has 0 fully saturated rings. The Balaban J connectivity index is 0. The Labute approximate surface area is 324 Å². The van der Waals surface area contributed by atoms with Crippen LogP contribution in [0.1, 0.15) is 117 Å². The first-order valence-electron chi connectivity index (χ1n) is 21.6. The van der Waals surface area contributed by atoms with E-state index in [1.807, 2.05) is 0 Å². The largest absolute Gasteiger partial charge is 0.317 e. The van der Waals surface area contributed by atoms with E-state index in [4.69, 9.17) is 0 Å². The molecule has 0 atom stereocenters. The zero-order valence-corrected chi connectivity index (χ0v) is 34.8. The maximum absolute atomic E-state index is 3.61. The van der Waals surface area contributed by atoms with Crippen LogP contribution < -0.4 is 53.2 Å². The molecular weight excluding hydrogens is 656 g/mol. The first-order chi connectivity index (χ1) is 24.9. The molecule has 51 heavy (non-hydrogen) atoms. The molecule has 0 saturated heterocycles. The van der Waals surface area contributed by atoms with Crippen molar-refractivity contribution in [1.82, 2.24) is 53.2 Å². The van der Waals surface area contributed by atoms with E-state index in [1.165, 1.54) is 103 Å². The lowest BCUT2D eigenvalue weighted by atomic mass is 10.2. The van der Waals surface area contributed by atoms with Crippen LogP contribution in [0.2, 0.25) is 0 Å². The molecule has 0 rings (SSSR count). The molecule has 0 unspecified atom stereocenters. The van der Waals surface area contributed by atoms with Crippen molar-refractivity contribution >= 4 is 12.4 Å². The molecule has 0 radical (unpaired) electrons. The Hall–Kier alpha value is -0.370. The van der Waals surface area contributed by atoms with Crippen molar-refractivity contribution in [2.45, 2.75) is 117 Å². The van der Waals surface area contributed by atoms with Gasteiger partial charge in [-0.05, 0) is 221 Å². The number of hydrogen-bond acceptors (Lipinski definition) is 10. The monoisotopic (exact) mass is 747 g/mol. The summed E-state index contributed by atoms with van der Waals surface area (Å²) < 4.78 is 0. The van der Waals surface area contributed by atoms with E-state index in [2.05, 4.69) is 79.2 Å². The summed E-state index contributed by atoms with van der Waals surface area (Å²) in [6, 6.07) is 0. The highest BCUT2D eigenvalue weighted by atomic mass is 35.5. The fourth-order valence-corrected chi connectivity index (χ4v) is 5.64. The van der Waals surface area contributed by atoms with Crippen molar-refractivity contribution in [2.75, 3.05) is 131 Å². The molecule has 0 heterocycles. The minimum atomic E-state index is 0. The zero-order chi connectivity index (χ0) is 35.9. The summed E-state index contributed by atoms with van der Waals surface area (Å²) in [7, 11) is 0. The molecule has 0 amide bonds. The molecule has 0 aliphatic rings. The number of hydrogen-bond donors (Lipinski definition) is 10. The second-order valence-electron chi connectivity index (χ2n) is 13.7. The summed E-state index contributed by atoms with van der Waals surface area (Å²) in [5.74, 6) is 0. The molecular formula is C40H91ClN10. The lowest BCUT2D eigenvalue weighted by molar-refractivity contribution is 0.538. The molecule has 0 aromatic rings. The number of halogens is 1. The van der Waals surface area contributed by atoms with Gasteiger partial charge in [-0.25, -0.2) is 0 Å². The lowest BCUT2D eigenvalue weighted by Crippen LogP contribution is -2.23.